The molecule has 0 bridgehead atoms. The fourth-order valence-electron chi connectivity index (χ4n) is 5.96. The summed E-state index contributed by atoms with van der Waals surface area (Å²) in [6.45, 7) is 7.56. The van der Waals surface area contributed by atoms with Crippen LogP contribution in [0.1, 0.15) is 91.4 Å². The van der Waals surface area contributed by atoms with Crippen molar-refractivity contribution in [2.45, 2.75) is 116 Å². The van der Waals surface area contributed by atoms with E-state index in [1.807, 2.05) is 6.92 Å². The van der Waals surface area contributed by atoms with Gasteiger partial charge in [-0.1, -0.05) is 40.0 Å². The third-order valence-electron chi connectivity index (χ3n) is 8.11. The van der Waals surface area contributed by atoms with Crippen LogP contribution in [0.3, 0.4) is 0 Å². The van der Waals surface area contributed by atoms with E-state index in [9.17, 15) is 8.78 Å². The largest absolute Gasteiger partial charge is 0.375 e. The lowest BCUT2D eigenvalue weighted by molar-refractivity contribution is -0.146. The molecule has 0 radical (unpaired) electrons. The van der Waals surface area contributed by atoms with E-state index < -0.39 is 24.6 Å². The molecule has 3 aliphatic rings. The van der Waals surface area contributed by atoms with E-state index in [2.05, 4.69) is 13.8 Å². The van der Waals surface area contributed by atoms with Gasteiger partial charge in [0.25, 0.3) is 0 Å². The van der Waals surface area contributed by atoms with Gasteiger partial charge in [-0.15, -0.1) is 0 Å². The Labute approximate surface area is 177 Å². The summed E-state index contributed by atoms with van der Waals surface area (Å²) >= 11 is 0. The van der Waals surface area contributed by atoms with Crippen molar-refractivity contribution in [2.24, 2.45) is 29.6 Å². The highest BCUT2D eigenvalue weighted by Crippen LogP contribution is 2.42. The first kappa shape index (κ1) is 23.4. The van der Waals surface area contributed by atoms with Crippen LogP contribution in [0.25, 0.3) is 0 Å². The van der Waals surface area contributed by atoms with E-state index in [1.165, 1.54) is 51.4 Å². The lowest BCUT2D eigenvalue weighted by Gasteiger charge is -2.40. The summed E-state index contributed by atoms with van der Waals surface area (Å²) in [5, 5.41) is 0. The molecule has 170 valence electrons. The quantitative estimate of drug-likeness (QED) is 0.402. The second kappa shape index (κ2) is 11.4. The Kier molecular flexibility index (Phi) is 9.23. The van der Waals surface area contributed by atoms with Gasteiger partial charge < -0.3 is 9.47 Å². The van der Waals surface area contributed by atoms with Crippen LogP contribution in [0, 0.1) is 29.6 Å². The first-order chi connectivity index (χ1) is 14.0. The molecule has 29 heavy (non-hydrogen) atoms. The van der Waals surface area contributed by atoms with Crippen LogP contribution in [0.2, 0.25) is 0 Å². The number of hydrogen-bond donors (Lipinski definition) is 0. The molecular weight excluding hydrogens is 370 g/mol. The minimum atomic E-state index is -1.56. The Balaban J connectivity index is 1.39. The molecule has 0 aromatic rings. The normalized spacial score (nSPS) is 44.0. The van der Waals surface area contributed by atoms with Crippen LogP contribution in [0.4, 0.5) is 8.78 Å². The van der Waals surface area contributed by atoms with E-state index in [1.54, 1.807) is 0 Å². The summed E-state index contributed by atoms with van der Waals surface area (Å²) in [6.07, 6.45) is 8.72. The van der Waals surface area contributed by atoms with E-state index in [0.717, 1.165) is 30.6 Å². The maximum Gasteiger partial charge on any atom is 0.160 e. The van der Waals surface area contributed by atoms with Crippen molar-refractivity contribution in [1.82, 2.24) is 0 Å². The lowest BCUT2D eigenvalue weighted by Crippen LogP contribution is -2.51. The summed E-state index contributed by atoms with van der Waals surface area (Å²) in [6, 6.07) is 0. The smallest absolute Gasteiger partial charge is 0.160 e. The van der Waals surface area contributed by atoms with Crippen molar-refractivity contribution in [3.8, 4) is 0 Å². The van der Waals surface area contributed by atoms with E-state index in [-0.39, 0.29) is 5.92 Å². The molecule has 0 heterocycles. The zero-order chi connectivity index (χ0) is 20.8. The minimum Gasteiger partial charge on any atom is -0.375 e. The molecular formula is C25H44F2O2. The molecule has 2 nitrogen and oxygen atoms in total. The molecule has 5 unspecified atom stereocenters. The van der Waals surface area contributed by atoms with Gasteiger partial charge in [-0.05, 0) is 81.0 Å². The zero-order valence-corrected chi connectivity index (χ0v) is 19.0. The topological polar surface area (TPSA) is 18.5 Å². The summed E-state index contributed by atoms with van der Waals surface area (Å²) in [5.74, 6) is 3.25. The standard InChI is InChI=1S/C25H44F2O2/c1-4-5-14-28-22-15-18(3)25(24(27)23(22)26)29-16-19-8-12-21(13-9-19)20-10-6-17(2)7-11-20/h17-25H,4-16H2,1-3H3. The van der Waals surface area contributed by atoms with Crippen molar-refractivity contribution in [3.05, 3.63) is 0 Å². The average Bonchev–Trinajstić information content (AvgIpc) is 2.73. The number of halogens is 2. The van der Waals surface area contributed by atoms with Crippen molar-refractivity contribution >= 4 is 0 Å². The van der Waals surface area contributed by atoms with Crippen LogP contribution in [-0.2, 0) is 9.47 Å². The van der Waals surface area contributed by atoms with Crippen molar-refractivity contribution < 1.29 is 18.3 Å². The monoisotopic (exact) mass is 414 g/mol. The SMILES string of the molecule is CCCCOC1CC(C)C(OCC2CCC(C3CCC(C)CC3)CC2)C(F)C1F. The second-order valence-corrected chi connectivity index (χ2v) is 10.5. The van der Waals surface area contributed by atoms with Gasteiger partial charge in [0.1, 0.15) is 0 Å². The van der Waals surface area contributed by atoms with Crippen molar-refractivity contribution in [1.29, 1.82) is 0 Å². The maximum atomic E-state index is 14.8. The Hall–Kier alpha value is -0.220. The number of rotatable bonds is 8. The highest BCUT2D eigenvalue weighted by Gasteiger charge is 2.45. The number of hydrogen-bond acceptors (Lipinski definition) is 2. The minimum absolute atomic E-state index is 0.00388. The number of alkyl halides is 2. The highest BCUT2D eigenvalue weighted by molar-refractivity contribution is 4.94. The Morgan fingerprint density at radius 2 is 1.41 bits per heavy atom. The van der Waals surface area contributed by atoms with Crippen LogP contribution < -0.4 is 0 Å². The molecule has 0 aromatic carbocycles. The molecule has 5 atom stereocenters. The summed E-state index contributed by atoms with van der Waals surface area (Å²) < 4.78 is 41.0. The third kappa shape index (κ3) is 6.38. The maximum absolute atomic E-state index is 14.8. The molecule has 0 aromatic heterocycles. The first-order valence-corrected chi connectivity index (χ1v) is 12.5. The van der Waals surface area contributed by atoms with Crippen molar-refractivity contribution in [3.63, 3.8) is 0 Å². The van der Waals surface area contributed by atoms with E-state index in [0.29, 0.717) is 25.6 Å². The molecule has 3 saturated carbocycles. The molecule has 0 amide bonds. The third-order valence-corrected chi connectivity index (χ3v) is 8.11. The van der Waals surface area contributed by atoms with Crippen LogP contribution >= 0.6 is 0 Å². The summed E-state index contributed by atoms with van der Waals surface area (Å²) in [7, 11) is 0. The predicted octanol–water partition coefficient (Wildman–Crippen LogP) is 6.91. The highest BCUT2D eigenvalue weighted by atomic mass is 19.2. The number of ether oxygens (including phenoxy) is 2. The Morgan fingerprint density at radius 3 is 2.03 bits per heavy atom. The lowest BCUT2D eigenvalue weighted by atomic mass is 9.69. The second-order valence-electron chi connectivity index (χ2n) is 10.5. The molecule has 0 aliphatic heterocycles. The van der Waals surface area contributed by atoms with Crippen molar-refractivity contribution in [2.75, 3.05) is 13.2 Å². The van der Waals surface area contributed by atoms with Gasteiger partial charge in [0, 0.05) is 13.2 Å². The average molecular weight is 415 g/mol. The fourth-order valence-corrected chi connectivity index (χ4v) is 5.96. The van der Waals surface area contributed by atoms with Gasteiger partial charge in [-0.3, -0.25) is 0 Å². The van der Waals surface area contributed by atoms with Gasteiger partial charge >= 0.3 is 0 Å². The molecule has 4 heteroatoms. The van der Waals surface area contributed by atoms with Crippen LogP contribution in [0.15, 0.2) is 0 Å². The van der Waals surface area contributed by atoms with Gasteiger partial charge in [-0.25, -0.2) is 8.78 Å². The Morgan fingerprint density at radius 1 is 0.793 bits per heavy atom. The van der Waals surface area contributed by atoms with E-state index >= 15 is 0 Å². The molecule has 0 N–H and O–H groups in total. The molecule has 3 fully saturated rings. The van der Waals surface area contributed by atoms with Crippen LogP contribution in [0.5, 0.6) is 0 Å². The fraction of sp³-hybridized carbons (Fsp3) is 1.00. The first-order valence-electron chi connectivity index (χ1n) is 12.5. The molecule has 3 rings (SSSR count). The van der Waals surface area contributed by atoms with Gasteiger partial charge in [0.2, 0.25) is 0 Å². The zero-order valence-electron chi connectivity index (χ0n) is 19.0. The van der Waals surface area contributed by atoms with Gasteiger partial charge in [0.05, 0.1) is 12.2 Å². The summed E-state index contributed by atoms with van der Waals surface area (Å²) in [4.78, 5) is 0. The summed E-state index contributed by atoms with van der Waals surface area (Å²) in [5.41, 5.74) is 0. The van der Waals surface area contributed by atoms with Gasteiger partial charge in [0.15, 0.2) is 12.3 Å². The Bertz CT molecular complexity index is 458. The molecule has 3 aliphatic carbocycles. The van der Waals surface area contributed by atoms with Crippen LogP contribution in [-0.4, -0.2) is 37.8 Å². The molecule has 0 spiro atoms. The van der Waals surface area contributed by atoms with E-state index in [4.69, 9.17) is 9.47 Å². The number of unbranched alkanes of at least 4 members (excludes halogenated alkanes) is 1. The van der Waals surface area contributed by atoms with Gasteiger partial charge in [-0.2, -0.15) is 0 Å². The predicted molar refractivity (Wildman–Crippen MR) is 115 cm³/mol. The molecule has 0 saturated heterocycles.